The monoisotopic (exact) mass is 476 g/mol. The molecule has 33 heavy (non-hydrogen) atoms. The number of ether oxygens (including phenoxy) is 2. The molecule has 1 aromatic carbocycles. The van der Waals surface area contributed by atoms with Crippen LogP contribution >= 0.6 is 11.6 Å². The summed E-state index contributed by atoms with van der Waals surface area (Å²) in [5.41, 5.74) is 2.72. The minimum absolute atomic E-state index is 0.0335. The molecule has 3 rings (SSSR count). The number of fused-ring (bicyclic) bond motifs is 4. The number of benzene rings is 1. The molecule has 7 nitrogen and oxygen atoms in total. The maximum absolute atomic E-state index is 12.8. The van der Waals surface area contributed by atoms with E-state index < -0.39 is 12.2 Å². The van der Waals surface area contributed by atoms with Crippen molar-refractivity contribution < 1.29 is 24.2 Å². The Bertz CT molecular complexity index is 930. The van der Waals surface area contributed by atoms with Gasteiger partial charge in [0.15, 0.2) is 0 Å². The Balaban J connectivity index is 1.87. The van der Waals surface area contributed by atoms with Gasteiger partial charge >= 0.3 is 6.09 Å². The third-order valence-electron chi connectivity index (χ3n) is 6.06. The van der Waals surface area contributed by atoms with Gasteiger partial charge in [0.25, 0.3) is 0 Å². The van der Waals surface area contributed by atoms with Crippen molar-refractivity contribution in [1.82, 2.24) is 5.32 Å². The van der Waals surface area contributed by atoms with Crippen LogP contribution < -0.4 is 15.0 Å². The molecule has 0 radical (unpaired) electrons. The third-order valence-corrected chi connectivity index (χ3v) is 6.44. The van der Waals surface area contributed by atoms with Crippen molar-refractivity contribution in [2.45, 2.75) is 70.1 Å². The summed E-state index contributed by atoms with van der Waals surface area (Å²) < 4.78 is 10.8. The Labute approximate surface area is 200 Å². The first kappa shape index (κ1) is 25.1. The largest absolute Gasteiger partial charge is 0.495 e. The first-order valence-electron chi connectivity index (χ1n) is 11.4. The Hall–Kier alpha value is -2.51. The van der Waals surface area contributed by atoms with E-state index in [1.54, 1.807) is 19.1 Å². The number of carbonyl (C=O) groups is 2. The smallest absolute Gasteiger partial charge is 0.407 e. The number of hydrogen-bond donors (Lipinski definition) is 2. The predicted molar refractivity (Wildman–Crippen MR) is 129 cm³/mol. The van der Waals surface area contributed by atoms with E-state index in [2.05, 4.69) is 5.32 Å². The molecule has 2 heterocycles. The number of anilines is 1. The van der Waals surface area contributed by atoms with Gasteiger partial charge in [0.05, 0.1) is 18.9 Å². The van der Waals surface area contributed by atoms with Crippen molar-refractivity contribution in [2.24, 2.45) is 0 Å². The lowest BCUT2D eigenvalue weighted by molar-refractivity contribution is -0.118. The Morgan fingerprint density at radius 2 is 2.06 bits per heavy atom. The second-order valence-corrected chi connectivity index (χ2v) is 9.20. The molecule has 1 fully saturated rings. The Morgan fingerprint density at radius 3 is 2.82 bits per heavy atom. The van der Waals surface area contributed by atoms with Crippen LogP contribution in [0.2, 0.25) is 5.02 Å². The zero-order valence-corrected chi connectivity index (χ0v) is 20.2. The van der Waals surface area contributed by atoms with Crippen LogP contribution in [0.15, 0.2) is 35.9 Å². The Morgan fingerprint density at radius 1 is 1.27 bits per heavy atom. The number of carbonyl (C=O) groups excluding carboxylic acids is 2. The second kappa shape index (κ2) is 11.6. The van der Waals surface area contributed by atoms with E-state index in [9.17, 15) is 14.7 Å². The van der Waals surface area contributed by atoms with Crippen molar-refractivity contribution >= 4 is 29.3 Å². The number of halogens is 1. The minimum atomic E-state index is -0.644. The first-order valence-corrected chi connectivity index (χ1v) is 11.7. The zero-order chi connectivity index (χ0) is 24.0. The molecule has 2 N–H and O–H groups in total. The van der Waals surface area contributed by atoms with Crippen LogP contribution in [0.25, 0.3) is 0 Å². The quantitative estimate of drug-likeness (QED) is 0.620. The number of hydrogen-bond acceptors (Lipinski definition) is 5. The fourth-order valence-corrected chi connectivity index (χ4v) is 4.59. The van der Waals surface area contributed by atoms with Gasteiger partial charge in [0.2, 0.25) is 5.91 Å². The summed E-state index contributed by atoms with van der Waals surface area (Å²) in [5, 5.41) is 13.7. The molecule has 0 saturated carbocycles. The van der Waals surface area contributed by atoms with Crippen molar-refractivity contribution in [3.05, 3.63) is 46.5 Å². The lowest BCUT2D eigenvalue weighted by Crippen LogP contribution is -2.46. The average Bonchev–Trinajstić information content (AvgIpc) is 2.76. The van der Waals surface area contributed by atoms with Crippen molar-refractivity contribution in [2.75, 3.05) is 19.1 Å². The topological polar surface area (TPSA) is 88.1 Å². The number of rotatable bonds is 1. The fourth-order valence-electron chi connectivity index (χ4n) is 4.28. The van der Waals surface area contributed by atoms with Gasteiger partial charge in [-0.05, 0) is 50.3 Å². The lowest BCUT2D eigenvalue weighted by Gasteiger charge is -2.30. The van der Waals surface area contributed by atoms with E-state index in [1.165, 1.54) is 0 Å². The number of allylic oxidation sites excluding steroid dienone is 3. The van der Waals surface area contributed by atoms with Crippen LogP contribution in [0.3, 0.4) is 0 Å². The van der Waals surface area contributed by atoms with E-state index in [4.69, 9.17) is 21.1 Å². The number of aliphatic hydroxyl groups is 1. The van der Waals surface area contributed by atoms with E-state index in [0.717, 1.165) is 11.1 Å². The molecule has 1 saturated heterocycles. The number of methoxy groups -OCH3 is 1. The molecule has 180 valence electrons. The highest BCUT2D eigenvalue weighted by Gasteiger charge is 2.29. The molecule has 0 spiro atoms. The summed E-state index contributed by atoms with van der Waals surface area (Å²) in [4.78, 5) is 26.3. The summed E-state index contributed by atoms with van der Waals surface area (Å²) in [6.07, 6.45) is 8.23. The summed E-state index contributed by atoms with van der Waals surface area (Å²) >= 11 is 6.52. The SMILES string of the molecule is COc1cc2cc(c1Cl)N(C)C(=O)CCC[C@@H](O)CC1CC(C/C=C/C=C(\C)C2)NC(=O)O1. The zero-order valence-electron chi connectivity index (χ0n) is 19.5. The number of nitrogens with zero attached hydrogens (tertiary/aromatic N) is 1. The molecule has 8 heteroatoms. The molecule has 2 aliphatic rings. The maximum atomic E-state index is 12.8. The lowest BCUT2D eigenvalue weighted by atomic mass is 9.97. The molecule has 2 aliphatic heterocycles. The molecule has 4 bridgehead atoms. The highest BCUT2D eigenvalue weighted by Crippen LogP contribution is 2.36. The van der Waals surface area contributed by atoms with Gasteiger partial charge in [-0.3, -0.25) is 4.79 Å². The highest BCUT2D eigenvalue weighted by atomic mass is 35.5. The standard InChI is InChI=1S/C25H33ClN2O5/c1-16-7-4-5-8-18-14-20(33-25(31)27-18)15-19(29)9-6-10-23(30)28(2)21-12-17(11-16)13-22(32-3)24(21)26/h4-5,7,12-13,18-20,29H,6,8-11,14-15H2,1-3H3,(H,27,31)/b5-4+,16-7+/t18?,19-,20?/m1/s1. The van der Waals surface area contributed by atoms with E-state index in [0.29, 0.717) is 55.0 Å². The highest BCUT2D eigenvalue weighted by molar-refractivity contribution is 6.35. The normalized spacial score (nSPS) is 27.7. The molecule has 3 atom stereocenters. The van der Waals surface area contributed by atoms with E-state index >= 15 is 0 Å². The summed E-state index contributed by atoms with van der Waals surface area (Å²) in [5.74, 6) is 0.432. The first-order chi connectivity index (χ1) is 15.8. The summed E-state index contributed by atoms with van der Waals surface area (Å²) in [7, 11) is 3.26. The van der Waals surface area contributed by atoms with Gasteiger partial charge in [-0.2, -0.15) is 0 Å². The predicted octanol–water partition coefficient (Wildman–Crippen LogP) is 4.55. The number of nitrogens with one attached hydrogen (secondary N) is 1. The number of amides is 2. The molecular weight excluding hydrogens is 444 g/mol. The van der Waals surface area contributed by atoms with Crippen LogP contribution in [0.5, 0.6) is 5.75 Å². The van der Waals surface area contributed by atoms with Gasteiger partial charge < -0.3 is 24.8 Å². The van der Waals surface area contributed by atoms with Gasteiger partial charge in [0.1, 0.15) is 16.9 Å². The van der Waals surface area contributed by atoms with Gasteiger partial charge in [-0.1, -0.05) is 35.4 Å². The van der Waals surface area contributed by atoms with Crippen LogP contribution in [-0.4, -0.2) is 49.5 Å². The van der Waals surface area contributed by atoms with Gasteiger partial charge in [-0.25, -0.2) is 4.79 Å². The van der Waals surface area contributed by atoms with Crippen molar-refractivity contribution in [3.8, 4) is 5.75 Å². The van der Waals surface area contributed by atoms with E-state index in [-0.39, 0.29) is 24.5 Å². The molecule has 2 unspecified atom stereocenters. The van der Waals surface area contributed by atoms with Gasteiger partial charge in [0, 0.05) is 32.4 Å². The maximum Gasteiger partial charge on any atom is 0.407 e. The van der Waals surface area contributed by atoms with Crippen molar-refractivity contribution in [1.29, 1.82) is 0 Å². The summed E-state index contributed by atoms with van der Waals surface area (Å²) in [6, 6.07) is 3.78. The number of aliphatic hydroxyl groups excluding tert-OH is 1. The second-order valence-electron chi connectivity index (χ2n) is 8.82. The number of alkyl carbamates (subject to hydrolysis) is 1. The minimum Gasteiger partial charge on any atom is -0.495 e. The third kappa shape index (κ3) is 6.98. The molecule has 2 amide bonds. The molecular formula is C25H33ClN2O5. The molecule has 1 aromatic rings. The van der Waals surface area contributed by atoms with Crippen molar-refractivity contribution in [3.63, 3.8) is 0 Å². The van der Waals surface area contributed by atoms with Crippen LogP contribution in [0, 0.1) is 0 Å². The average molecular weight is 477 g/mol. The molecule has 0 aromatic heterocycles. The van der Waals surface area contributed by atoms with E-state index in [1.807, 2.05) is 37.3 Å². The fraction of sp³-hybridized carbons (Fsp3) is 0.520. The van der Waals surface area contributed by atoms with Gasteiger partial charge in [-0.15, -0.1) is 0 Å². The molecule has 0 aliphatic carbocycles. The van der Waals surface area contributed by atoms with Crippen LogP contribution in [-0.2, 0) is 16.0 Å². The van der Waals surface area contributed by atoms with Crippen LogP contribution in [0.4, 0.5) is 10.5 Å². The van der Waals surface area contributed by atoms with Crippen LogP contribution in [0.1, 0.15) is 51.0 Å². The Kier molecular flexibility index (Phi) is 8.80. The summed E-state index contributed by atoms with van der Waals surface area (Å²) in [6.45, 7) is 2.04.